The van der Waals surface area contributed by atoms with Crippen LogP contribution in [-0.2, 0) is 5.41 Å². The molecule has 0 heterocycles. The molecule has 0 bridgehead atoms. The van der Waals surface area contributed by atoms with Gasteiger partial charge in [-0.1, -0.05) is 91.9 Å². The maximum Gasteiger partial charge on any atom is 0.119 e. The highest BCUT2D eigenvalue weighted by Gasteiger charge is 2.38. The molecule has 0 spiro atoms. The van der Waals surface area contributed by atoms with Gasteiger partial charge in [-0.2, -0.15) is 0 Å². The minimum atomic E-state index is -0.518. The van der Waals surface area contributed by atoms with E-state index in [2.05, 4.69) is 72.8 Å². The van der Waals surface area contributed by atoms with Crippen LogP contribution >= 0.6 is 0 Å². The summed E-state index contributed by atoms with van der Waals surface area (Å²) in [7, 11) is 1.69. The minimum absolute atomic E-state index is 0.289. The highest BCUT2D eigenvalue weighted by atomic mass is 16.5. The van der Waals surface area contributed by atoms with Gasteiger partial charge < -0.3 is 14.6 Å². The molecule has 1 unspecified atom stereocenters. The van der Waals surface area contributed by atoms with Gasteiger partial charge in [-0.05, 0) is 52.9 Å². The molecule has 168 valence electrons. The predicted octanol–water partition coefficient (Wildman–Crippen LogP) is 6.23. The molecule has 1 N–H and O–H groups in total. The fraction of sp³-hybridized carbons (Fsp3) is 0.200. The van der Waals surface area contributed by atoms with Gasteiger partial charge >= 0.3 is 0 Å². The number of benzene rings is 4. The van der Waals surface area contributed by atoms with E-state index in [-0.39, 0.29) is 6.61 Å². The molecule has 3 nitrogen and oxygen atoms in total. The smallest absolute Gasteiger partial charge is 0.119 e. The van der Waals surface area contributed by atoms with Crippen LogP contribution in [0.5, 0.6) is 11.5 Å². The van der Waals surface area contributed by atoms with Gasteiger partial charge in [-0.25, -0.2) is 0 Å². The monoisotopic (exact) mass is 438 g/mol. The third-order valence-electron chi connectivity index (χ3n) is 6.14. The highest BCUT2D eigenvalue weighted by Crippen LogP contribution is 2.45. The van der Waals surface area contributed by atoms with Gasteiger partial charge in [0.15, 0.2) is 0 Å². The largest absolute Gasteiger partial charge is 0.497 e. The SMILES string of the molecule is CCC(O)COc1ccc(C(c2ccccc2)(c2ccccc2)c2ccc(OC)cc2)cc1. The summed E-state index contributed by atoms with van der Waals surface area (Å²) in [6, 6.07) is 37.7. The van der Waals surface area contributed by atoms with Gasteiger partial charge in [-0.15, -0.1) is 0 Å². The standard InChI is InChI=1S/C30H30O3/c1-3-27(31)22-33-29-20-16-26(17-21-29)30(23-10-6-4-7-11-23,24-12-8-5-9-13-24)25-14-18-28(32-2)19-15-25/h4-21,27,31H,3,22H2,1-2H3. The van der Waals surface area contributed by atoms with Crippen molar-refractivity contribution in [3.8, 4) is 11.5 Å². The number of ether oxygens (including phenoxy) is 2. The van der Waals surface area contributed by atoms with Crippen molar-refractivity contribution in [3.05, 3.63) is 131 Å². The van der Waals surface area contributed by atoms with E-state index in [0.29, 0.717) is 6.42 Å². The first-order valence-corrected chi connectivity index (χ1v) is 11.4. The molecular formula is C30H30O3. The Labute approximate surface area is 196 Å². The van der Waals surface area contributed by atoms with Crippen LogP contribution in [0.1, 0.15) is 35.6 Å². The van der Waals surface area contributed by atoms with Crippen molar-refractivity contribution >= 4 is 0 Å². The Kier molecular flexibility index (Phi) is 7.11. The van der Waals surface area contributed by atoms with E-state index in [9.17, 15) is 5.11 Å². The van der Waals surface area contributed by atoms with Gasteiger partial charge in [0.2, 0.25) is 0 Å². The quantitative estimate of drug-likeness (QED) is 0.315. The van der Waals surface area contributed by atoms with Crippen LogP contribution in [0.3, 0.4) is 0 Å². The number of aliphatic hydroxyl groups is 1. The van der Waals surface area contributed by atoms with Crippen molar-refractivity contribution in [2.45, 2.75) is 24.9 Å². The second kappa shape index (κ2) is 10.4. The van der Waals surface area contributed by atoms with Gasteiger partial charge in [0.1, 0.15) is 18.1 Å². The first kappa shape index (κ1) is 22.6. The summed E-state index contributed by atoms with van der Waals surface area (Å²) in [4.78, 5) is 0. The van der Waals surface area contributed by atoms with Crippen molar-refractivity contribution in [1.82, 2.24) is 0 Å². The molecule has 0 aliphatic heterocycles. The van der Waals surface area contributed by atoms with Crippen molar-refractivity contribution in [2.24, 2.45) is 0 Å². The van der Waals surface area contributed by atoms with Crippen LogP contribution in [-0.4, -0.2) is 24.9 Å². The van der Waals surface area contributed by atoms with Gasteiger partial charge in [0.05, 0.1) is 18.6 Å². The topological polar surface area (TPSA) is 38.7 Å². The van der Waals surface area contributed by atoms with Crippen LogP contribution in [0.2, 0.25) is 0 Å². The van der Waals surface area contributed by atoms with Crippen LogP contribution in [0, 0.1) is 0 Å². The molecule has 0 radical (unpaired) electrons. The molecule has 0 saturated heterocycles. The predicted molar refractivity (Wildman–Crippen MR) is 133 cm³/mol. The Balaban J connectivity index is 1.90. The number of hydrogen-bond donors (Lipinski definition) is 1. The van der Waals surface area contributed by atoms with E-state index in [4.69, 9.17) is 9.47 Å². The molecule has 3 heteroatoms. The Morgan fingerprint density at radius 1 is 0.636 bits per heavy atom. The van der Waals surface area contributed by atoms with Gasteiger partial charge in [0, 0.05) is 0 Å². The normalized spacial score (nSPS) is 12.2. The number of aliphatic hydroxyl groups excluding tert-OH is 1. The summed E-state index contributed by atoms with van der Waals surface area (Å²) < 4.78 is 11.2. The first-order chi connectivity index (χ1) is 16.2. The summed E-state index contributed by atoms with van der Waals surface area (Å²) in [5.41, 5.74) is 4.12. The molecule has 0 saturated carbocycles. The maximum absolute atomic E-state index is 9.86. The molecule has 0 aliphatic rings. The zero-order valence-corrected chi connectivity index (χ0v) is 19.1. The van der Waals surface area contributed by atoms with Crippen LogP contribution in [0.4, 0.5) is 0 Å². The van der Waals surface area contributed by atoms with E-state index >= 15 is 0 Å². The zero-order valence-electron chi connectivity index (χ0n) is 19.1. The molecule has 33 heavy (non-hydrogen) atoms. The summed E-state index contributed by atoms with van der Waals surface area (Å²) in [5, 5.41) is 9.86. The van der Waals surface area contributed by atoms with Crippen LogP contribution < -0.4 is 9.47 Å². The lowest BCUT2D eigenvalue weighted by Crippen LogP contribution is -2.31. The second-order valence-corrected chi connectivity index (χ2v) is 8.11. The Bertz CT molecular complexity index is 1080. The second-order valence-electron chi connectivity index (χ2n) is 8.11. The molecule has 0 aromatic heterocycles. The van der Waals surface area contributed by atoms with Crippen LogP contribution in [0.15, 0.2) is 109 Å². The Morgan fingerprint density at radius 2 is 1.06 bits per heavy atom. The summed E-state index contributed by atoms with van der Waals surface area (Å²) in [6.07, 6.45) is 0.206. The van der Waals surface area contributed by atoms with E-state index < -0.39 is 11.5 Å². The highest BCUT2D eigenvalue weighted by molar-refractivity contribution is 5.60. The average Bonchev–Trinajstić information content (AvgIpc) is 2.90. The van der Waals surface area contributed by atoms with E-state index in [1.165, 1.54) is 11.1 Å². The summed E-state index contributed by atoms with van der Waals surface area (Å²) >= 11 is 0. The van der Waals surface area contributed by atoms with Gasteiger partial charge in [0.25, 0.3) is 0 Å². The fourth-order valence-corrected chi connectivity index (χ4v) is 4.33. The summed E-state index contributed by atoms with van der Waals surface area (Å²) in [6.45, 7) is 2.23. The van der Waals surface area contributed by atoms with Gasteiger partial charge in [-0.3, -0.25) is 0 Å². The van der Waals surface area contributed by atoms with Crippen molar-refractivity contribution < 1.29 is 14.6 Å². The van der Waals surface area contributed by atoms with E-state index in [1.807, 2.05) is 43.3 Å². The lowest BCUT2D eigenvalue weighted by molar-refractivity contribution is 0.104. The minimum Gasteiger partial charge on any atom is -0.497 e. The third kappa shape index (κ3) is 4.64. The lowest BCUT2D eigenvalue weighted by Gasteiger charge is -2.37. The van der Waals surface area contributed by atoms with Crippen molar-refractivity contribution in [2.75, 3.05) is 13.7 Å². The lowest BCUT2D eigenvalue weighted by atomic mass is 9.65. The van der Waals surface area contributed by atoms with Crippen LogP contribution in [0.25, 0.3) is 0 Å². The molecule has 4 aromatic carbocycles. The molecule has 4 rings (SSSR count). The van der Waals surface area contributed by atoms with Crippen molar-refractivity contribution in [3.63, 3.8) is 0 Å². The van der Waals surface area contributed by atoms with E-state index in [0.717, 1.165) is 22.6 Å². The number of hydrogen-bond acceptors (Lipinski definition) is 3. The fourth-order valence-electron chi connectivity index (χ4n) is 4.33. The number of rotatable bonds is 9. The molecular weight excluding hydrogens is 408 g/mol. The number of methoxy groups -OCH3 is 1. The third-order valence-corrected chi connectivity index (χ3v) is 6.14. The Morgan fingerprint density at radius 3 is 1.48 bits per heavy atom. The first-order valence-electron chi connectivity index (χ1n) is 11.4. The zero-order chi connectivity index (χ0) is 23.1. The molecule has 4 aromatic rings. The average molecular weight is 439 g/mol. The van der Waals surface area contributed by atoms with E-state index in [1.54, 1.807) is 7.11 Å². The molecule has 0 fully saturated rings. The molecule has 1 atom stereocenters. The molecule has 0 aliphatic carbocycles. The summed E-state index contributed by atoms with van der Waals surface area (Å²) in [5.74, 6) is 1.57. The maximum atomic E-state index is 9.86. The molecule has 0 amide bonds. The van der Waals surface area contributed by atoms with Crippen molar-refractivity contribution in [1.29, 1.82) is 0 Å². The Hall–Kier alpha value is -3.56.